The maximum Gasteiger partial charge on any atom is 0.251 e. The maximum absolute atomic E-state index is 14.0. The number of nitrogens with one attached hydrogen (secondary N) is 2. The van der Waals surface area contributed by atoms with Gasteiger partial charge in [0.05, 0.1) is 0 Å². The van der Waals surface area contributed by atoms with Crippen molar-refractivity contribution in [2.75, 3.05) is 13.1 Å². The molecule has 0 unspecified atom stereocenters. The smallest absolute Gasteiger partial charge is 0.251 e. The minimum atomic E-state index is -4.06. The first-order valence-corrected chi connectivity index (χ1v) is 10.6. The maximum atomic E-state index is 14.0. The predicted molar refractivity (Wildman–Crippen MR) is 111 cm³/mol. The molecule has 0 radical (unpaired) electrons. The van der Waals surface area contributed by atoms with Crippen LogP contribution >= 0.6 is 0 Å². The van der Waals surface area contributed by atoms with E-state index in [0.717, 1.165) is 29.6 Å². The van der Waals surface area contributed by atoms with Crippen LogP contribution < -0.4 is 10.0 Å². The fourth-order valence-corrected chi connectivity index (χ4v) is 4.09. The molecular weight excluding hydrogens is 393 g/mol. The van der Waals surface area contributed by atoms with Crippen molar-refractivity contribution in [3.05, 3.63) is 78.8 Å². The van der Waals surface area contributed by atoms with Crippen LogP contribution in [0.1, 0.15) is 16.8 Å². The molecule has 3 rings (SSSR count). The molecule has 0 saturated carbocycles. The summed E-state index contributed by atoms with van der Waals surface area (Å²) in [5.41, 5.74) is 1.20. The van der Waals surface area contributed by atoms with Crippen LogP contribution in [0.15, 0.2) is 72.3 Å². The Bertz CT molecular complexity index is 1140. The minimum absolute atomic E-state index is 0.0354. The van der Waals surface area contributed by atoms with E-state index in [-0.39, 0.29) is 12.1 Å². The number of carbonyl (C=O) groups excluding carboxylic acids is 1. The van der Waals surface area contributed by atoms with Crippen molar-refractivity contribution in [3.63, 3.8) is 0 Å². The Kier molecular flexibility index (Phi) is 6.46. The van der Waals surface area contributed by atoms with Crippen LogP contribution in [0.4, 0.5) is 4.39 Å². The molecule has 0 fully saturated rings. The van der Waals surface area contributed by atoms with E-state index in [1.54, 1.807) is 0 Å². The Morgan fingerprint density at radius 2 is 1.97 bits per heavy atom. The first-order valence-electron chi connectivity index (χ1n) is 9.14. The van der Waals surface area contributed by atoms with E-state index in [1.165, 1.54) is 12.1 Å². The van der Waals surface area contributed by atoms with Crippen molar-refractivity contribution in [1.82, 2.24) is 14.6 Å². The number of fused-ring (bicyclic) bond motifs is 1. The summed E-state index contributed by atoms with van der Waals surface area (Å²) in [4.78, 5) is 11.8. The summed E-state index contributed by atoms with van der Waals surface area (Å²) in [5.74, 6) is -1.37. The summed E-state index contributed by atoms with van der Waals surface area (Å²) in [6.07, 6.45) is 4.04. The van der Waals surface area contributed by atoms with Gasteiger partial charge in [-0.25, -0.2) is 17.5 Å². The molecule has 0 saturated heterocycles. The Labute approximate surface area is 169 Å². The van der Waals surface area contributed by atoms with E-state index in [2.05, 4.69) is 21.2 Å². The second-order valence-corrected chi connectivity index (χ2v) is 8.20. The van der Waals surface area contributed by atoms with Gasteiger partial charge >= 0.3 is 0 Å². The van der Waals surface area contributed by atoms with Gasteiger partial charge in [0.25, 0.3) is 5.91 Å². The number of para-hydroxylation sites is 1. The highest BCUT2D eigenvalue weighted by atomic mass is 32.2. The molecule has 0 aliphatic heterocycles. The van der Waals surface area contributed by atoms with Crippen molar-refractivity contribution < 1.29 is 17.6 Å². The first-order chi connectivity index (χ1) is 13.9. The lowest BCUT2D eigenvalue weighted by Crippen LogP contribution is -2.27. The summed E-state index contributed by atoms with van der Waals surface area (Å²) < 4.78 is 42.6. The van der Waals surface area contributed by atoms with Gasteiger partial charge in [-0.2, -0.15) is 0 Å². The number of amides is 1. The zero-order valence-corrected chi connectivity index (χ0v) is 16.6. The highest BCUT2D eigenvalue weighted by molar-refractivity contribution is 7.89. The van der Waals surface area contributed by atoms with Crippen molar-refractivity contribution in [3.8, 4) is 0 Å². The highest BCUT2D eigenvalue weighted by Gasteiger charge is 2.20. The summed E-state index contributed by atoms with van der Waals surface area (Å²) in [7, 11) is -4.06. The third-order valence-electron chi connectivity index (χ3n) is 4.44. The molecule has 0 bridgehead atoms. The Morgan fingerprint density at radius 1 is 1.17 bits per heavy atom. The molecule has 1 amide bonds. The van der Waals surface area contributed by atoms with Gasteiger partial charge in [-0.05, 0) is 42.1 Å². The Hall–Kier alpha value is -2.97. The van der Waals surface area contributed by atoms with E-state index in [4.69, 9.17) is 0 Å². The average molecular weight is 415 g/mol. The molecule has 29 heavy (non-hydrogen) atoms. The lowest BCUT2D eigenvalue weighted by atomic mass is 10.2. The summed E-state index contributed by atoms with van der Waals surface area (Å²) in [6, 6.07) is 13.3. The zero-order chi connectivity index (χ0) is 20.9. The van der Waals surface area contributed by atoms with Crippen LogP contribution in [0.2, 0.25) is 0 Å². The van der Waals surface area contributed by atoms with Gasteiger partial charge in [-0.1, -0.05) is 24.3 Å². The summed E-state index contributed by atoms with van der Waals surface area (Å²) in [6.45, 7) is 4.51. The lowest BCUT2D eigenvalue weighted by molar-refractivity contribution is 0.0952. The second-order valence-electron chi connectivity index (χ2n) is 6.46. The molecule has 8 heteroatoms. The van der Waals surface area contributed by atoms with Gasteiger partial charge in [-0.15, -0.1) is 6.58 Å². The van der Waals surface area contributed by atoms with E-state index in [1.807, 2.05) is 36.5 Å². The quantitative estimate of drug-likeness (QED) is 0.416. The van der Waals surface area contributed by atoms with Crippen LogP contribution in [-0.2, 0) is 16.6 Å². The third-order valence-corrected chi connectivity index (χ3v) is 5.88. The fraction of sp³-hybridized carbons (Fsp3) is 0.190. The summed E-state index contributed by atoms with van der Waals surface area (Å²) >= 11 is 0. The SMILES string of the molecule is C=CCNS(=O)(=O)c1cc(C(=O)NCCCn2ccc3ccccc32)ccc1F. The molecule has 0 aliphatic carbocycles. The molecule has 2 N–H and O–H groups in total. The van der Waals surface area contributed by atoms with Gasteiger partial charge in [0, 0.05) is 36.9 Å². The van der Waals surface area contributed by atoms with Gasteiger partial charge < -0.3 is 9.88 Å². The number of aryl methyl sites for hydroxylation is 1. The first kappa shape index (κ1) is 20.8. The largest absolute Gasteiger partial charge is 0.352 e. The van der Waals surface area contributed by atoms with Gasteiger partial charge in [0.15, 0.2) is 0 Å². The fourth-order valence-electron chi connectivity index (χ4n) is 2.99. The second kappa shape index (κ2) is 9.02. The highest BCUT2D eigenvalue weighted by Crippen LogP contribution is 2.17. The topological polar surface area (TPSA) is 80.2 Å². The molecule has 0 spiro atoms. The monoisotopic (exact) mass is 415 g/mol. The lowest BCUT2D eigenvalue weighted by Gasteiger charge is -2.10. The molecular formula is C21H22FN3O3S. The number of aromatic nitrogens is 1. The molecule has 1 aromatic heterocycles. The molecule has 0 aliphatic rings. The van der Waals surface area contributed by atoms with E-state index in [0.29, 0.717) is 13.0 Å². The van der Waals surface area contributed by atoms with Crippen LogP contribution in [0.25, 0.3) is 10.9 Å². The Morgan fingerprint density at radius 3 is 2.76 bits per heavy atom. The van der Waals surface area contributed by atoms with Crippen molar-refractivity contribution in [2.24, 2.45) is 0 Å². The molecule has 3 aromatic rings. The van der Waals surface area contributed by atoms with Gasteiger partial charge in [0.1, 0.15) is 10.7 Å². The van der Waals surface area contributed by atoms with Gasteiger partial charge in [-0.3, -0.25) is 4.79 Å². The molecule has 152 valence electrons. The molecule has 0 atom stereocenters. The van der Waals surface area contributed by atoms with Gasteiger partial charge in [0.2, 0.25) is 10.0 Å². The zero-order valence-electron chi connectivity index (χ0n) is 15.8. The van der Waals surface area contributed by atoms with Crippen LogP contribution in [0, 0.1) is 5.82 Å². The number of hydrogen-bond acceptors (Lipinski definition) is 3. The number of sulfonamides is 1. The van der Waals surface area contributed by atoms with Crippen molar-refractivity contribution in [2.45, 2.75) is 17.9 Å². The minimum Gasteiger partial charge on any atom is -0.352 e. The normalized spacial score (nSPS) is 11.5. The predicted octanol–water partition coefficient (Wildman–Crippen LogP) is 3.06. The number of rotatable bonds is 9. The third kappa shape index (κ3) is 4.90. The van der Waals surface area contributed by atoms with E-state index in [9.17, 15) is 17.6 Å². The van der Waals surface area contributed by atoms with Crippen LogP contribution in [-0.4, -0.2) is 32.0 Å². The van der Waals surface area contributed by atoms with Crippen LogP contribution in [0.3, 0.4) is 0 Å². The Balaban J connectivity index is 1.60. The standard InChI is InChI=1S/C21H22FN3O3S/c1-2-11-24-29(27,28)20-15-17(8-9-18(20)22)21(26)23-12-5-13-25-14-10-16-6-3-4-7-19(16)25/h2-4,6-10,14-15,24H,1,5,11-13H2,(H,23,26). The number of nitrogens with zero attached hydrogens (tertiary/aromatic N) is 1. The molecule has 1 heterocycles. The number of hydrogen-bond donors (Lipinski definition) is 2. The number of benzene rings is 2. The average Bonchev–Trinajstić information content (AvgIpc) is 3.13. The van der Waals surface area contributed by atoms with E-state index >= 15 is 0 Å². The van der Waals surface area contributed by atoms with E-state index < -0.39 is 26.6 Å². The van der Waals surface area contributed by atoms with Crippen molar-refractivity contribution in [1.29, 1.82) is 0 Å². The summed E-state index contributed by atoms with van der Waals surface area (Å²) in [5, 5.41) is 3.90. The molecule has 2 aromatic carbocycles. The van der Waals surface area contributed by atoms with Crippen molar-refractivity contribution >= 4 is 26.8 Å². The number of carbonyl (C=O) groups is 1. The molecule has 6 nitrogen and oxygen atoms in total. The van der Waals surface area contributed by atoms with Crippen LogP contribution in [0.5, 0.6) is 0 Å². The number of halogens is 1.